The monoisotopic (exact) mass is 721 g/mol. The second-order valence-corrected chi connectivity index (χ2v) is 12.9. The zero-order valence-electron chi connectivity index (χ0n) is 27.3. The number of nitrogens with one attached hydrogen (secondary N) is 2. The molecule has 4 heterocycles. The van der Waals surface area contributed by atoms with Crippen LogP contribution in [0.25, 0.3) is 5.57 Å². The van der Waals surface area contributed by atoms with Crippen LogP contribution in [0.1, 0.15) is 54.0 Å². The number of rotatable bonds is 12. The Morgan fingerprint density at radius 2 is 1.47 bits per heavy atom. The smallest absolute Gasteiger partial charge is 0.224 e. The largest absolute Gasteiger partial charge is 0.487 e. The van der Waals surface area contributed by atoms with Crippen molar-refractivity contribution in [1.82, 2.24) is 24.8 Å². The molecule has 2 aromatic carbocycles. The van der Waals surface area contributed by atoms with Gasteiger partial charge in [0.15, 0.2) is 0 Å². The summed E-state index contributed by atoms with van der Waals surface area (Å²) < 4.78 is 13.4. The number of anilines is 2. The van der Waals surface area contributed by atoms with E-state index >= 15 is 0 Å². The fourth-order valence-corrected chi connectivity index (χ4v) is 6.15. The average Bonchev–Trinajstić information content (AvgIpc) is 3.12. The normalized spacial score (nSPS) is 15.1. The quantitative estimate of drug-likeness (QED) is 0.120. The molecule has 0 aliphatic carbocycles. The van der Waals surface area contributed by atoms with Crippen LogP contribution in [0, 0.1) is 0 Å². The van der Waals surface area contributed by atoms with Gasteiger partial charge in [-0.15, -0.1) is 0 Å². The number of halogens is 1. The maximum atomic E-state index is 12.3. The van der Waals surface area contributed by atoms with Gasteiger partial charge >= 0.3 is 0 Å². The summed E-state index contributed by atoms with van der Waals surface area (Å²) >= 11 is 3.63. The molecular formula is C37H36BrN7O4. The molecule has 0 atom stereocenters. The first-order valence-electron chi connectivity index (χ1n) is 15.9. The highest BCUT2D eigenvalue weighted by atomic mass is 79.9. The SMILES string of the molecule is C/C(=C\C(=C/N(C)C=O)c1cc2c(c(OCc3cncnc3)c1)NC(=O)CC2)C/C=C1\CCc2cc(Br)cc(OCc3cncnc3)c2N1. The van der Waals surface area contributed by atoms with Crippen molar-refractivity contribution in [3.63, 3.8) is 0 Å². The number of hydrogen-bond donors (Lipinski definition) is 2. The van der Waals surface area contributed by atoms with Crippen molar-refractivity contribution in [2.45, 2.75) is 52.2 Å². The lowest BCUT2D eigenvalue weighted by molar-refractivity contribution is -0.116. The number of hydrogen-bond acceptors (Lipinski definition) is 9. The second kappa shape index (κ2) is 15.7. The molecule has 2 aliphatic rings. The number of carbonyl (C=O) groups is 2. The van der Waals surface area contributed by atoms with Crippen LogP contribution in [0.4, 0.5) is 11.4 Å². The lowest BCUT2D eigenvalue weighted by Crippen LogP contribution is -2.20. The van der Waals surface area contributed by atoms with Gasteiger partial charge in [0.2, 0.25) is 12.3 Å². The molecule has 0 unspecified atom stereocenters. The summed E-state index contributed by atoms with van der Waals surface area (Å²) in [6, 6.07) is 8.06. The molecule has 2 aromatic heterocycles. The van der Waals surface area contributed by atoms with Gasteiger partial charge in [0.25, 0.3) is 0 Å². The highest BCUT2D eigenvalue weighted by Gasteiger charge is 2.22. The maximum Gasteiger partial charge on any atom is 0.224 e. The van der Waals surface area contributed by atoms with Gasteiger partial charge in [-0.2, -0.15) is 0 Å². The number of amides is 2. The minimum absolute atomic E-state index is 0.0515. The molecule has 0 saturated heterocycles. The van der Waals surface area contributed by atoms with E-state index in [0.717, 1.165) is 74.3 Å². The van der Waals surface area contributed by atoms with E-state index < -0.39 is 0 Å². The molecule has 11 nitrogen and oxygen atoms in total. The predicted molar refractivity (Wildman–Crippen MR) is 190 cm³/mol. The van der Waals surface area contributed by atoms with Crippen molar-refractivity contribution in [3.05, 3.63) is 124 Å². The topological polar surface area (TPSA) is 131 Å². The van der Waals surface area contributed by atoms with E-state index in [1.165, 1.54) is 23.1 Å². The fraction of sp³-hybridized carbons (Fsp3) is 0.243. The maximum absolute atomic E-state index is 12.3. The van der Waals surface area contributed by atoms with Crippen molar-refractivity contribution in [1.29, 1.82) is 0 Å². The standard InChI is InChI=1S/C37H36BrN7O4/c1-24(3-6-32-7-4-28-11-31(38)13-34(36(28)43-32)49-20-26-16-41-22-42-17-26)9-30(18-45(2)23-46)29-10-27-5-8-35(47)44-37(27)33(12-29)48-19-25-14-39-21-40-15-25/h6,9-18,21-23,43H,3-5,7-8,19-20H2,1-2H3,(H,44,47)/b24-9+,30-18+,32-6+. The van der Waals surface area contributed by atoms with E-state index in [9.17, 15) is 9.59 Å². The number of benzene rings is 2. The number of fused-ring (bicyclic) bond motifs is 2. The number of nitrogens with zero attached hydrogens (tertiary/aromatic N) is 5. The van der Waals surface area contributed by atoms with Crippen molar-refractivity contribution >= 4 is 45.2 Å². The molecule has 2 N–H and O–H groups in total. The van der Waals surface area contributed by atoms with Gasteiger partial charge in [-0.3, -0.25) is 9.59 Å². The Hall–Kier alpha value is -5.36. The Balaban J connectivity index is 1.24. The summed E-state index contributed by atoms with van der Waals surface area (Å²) in [6.45, 7) is 2.67. The van der Waals surface area contributed by atoms with Gasteiger partial charge in [-0.05, 0) is 79.1 Å². The van der Waals surface area contributed by atoms with Gasteiger partial charge in [0.1, 0.15) is 37.4 Å². The zero-order valence-corrected chi connectivity index (χ0v) is 28.9. The summed E-state index contributed by atoms with van der Waals surface area (Å²) in [6.07, 6.45) is 20.1. The van der Waals surface area contributed by atoms with E-state index in [1.807, 2.05) is 12.1 Å². The Morgan fingerprint density at radius 1 is 0.857 bits per heavy atom. The molecule has 0 bridgehead atoms. The van der Waals surface area contributed by atoms with Gasteiger partial charge in [0.05, 0.1) is 11.4 Å². The first kappa shape index (κ1) is 33.5. The second-order valence-electron chi connectivity index (χ2n) is 12.0. The van der Waals surface area contributed by atoms with Crippen LogP contribution in [-0.4, -0.2) is 44.2 Å². The molecule has 0 saturated carbocycles. The minimum Gasteiger partial charge on any atom is -0.487 e. The van der Waals surface area contributed by atoms with Crippen LogP contribution in [0.15, 0.2) is 95.8 Å². The third kappa shape index (κ3) is 8.76. The number of carbonyl (C=O) groups excluding carboxylic acids is 2. The minimum atomic E-state index is -0.0515. The van der Waals surface area contributed by atoms with Gasteiger partial charge in [-0.25, -0.2) is 19.9 Å². The van der Waals surface area contributed by atoms with Crippen molar-refractivity contribution in [3.8, 4) is 11.5 Å². The molecule has 2 aliphatic heterocycles. The third-order valence-electron chi connectivity index (χ3n) is 8.10. The highest BCUT2D eigenvalue weighted by molar-refractivity contribution is 9.10. The van der Waals surface area contributed by atoms with Crippen molar-refractivity contribution in [2.24, 2.45) is 0 Å². The lowest BCUT2D eigenvalue weighted by atomic mass is 9.95. The number of aryl methyl sites for hydroxylation is 2. The van der Waals surface area contributed by atoms with Crippen LogP contribution >= 0.6 is 15.9 Å². The van der Waals surface area contributed by atoms with Gasteiger partial charge in [-0.1, -0.05) is 33.7 Å². The molecular weight excluding hydrogens is 686 g/mol. The number of aromatic nitrogens is 4. The first-order valence-corrected chi connectivity index (χ1v) is 16.7. The lowest BCUT2D eigenvalue weighted by Gasteiger charge is -2.24. The molecule has 2 amide bonds. The van der Waals surface area contributed by atoms with Crippen LogP contribution < -0.4 is 20.1 Å². The summed E-state index contributed by atoms with van der Waals surface area (Å²) in [5.74, 6) is 1.26. The van der Waals surface area contributed by atoms with Crippen molar-refractivity contribution < 1.29 is 19.1 Å². The van der Waals surface area contributed by atoms with Crippen LogP contribution in [0.2, 0.25) is 0 Å². The Labute approximate surface area is 293 Å². The zero-order chi connectivity index (χ0) is 34.2. The molecule has 250 valence electrons. The fourth-order valence-electron chi connectivity index (χ4n) is 5.66. The number of ether oxygens (including phenoxy) is 2. The molecule has 6 rings (SSSR count). The van der Waals surface area contributed by atoms with Crippen LogP contribution in [-0.2, 0) is 35.6 Å². The van der Waals surface area contributed by atoms with Gasteiger partial charge < -0.3 is 25.0 Å². The molecule has 12 heteroatoms. The van der Waals surface area contributed by atoms with E-state index in [4.69, 9.17) is 9.47 Å². The summed E-state index contributed by atoms with van der Waals surface area (Å²) in [7, 11) is 1.70. The van der Waals surface area contributed by atoms with Gasteiger partial charge in [0, 0.05) is 65.8 Å². The van der Waals surface area contributed by atoms with E-state index in [2.05, 4.69) is 77.7 Å². The van der Waals surface area contributed by atoms with Crippen LogP contribution in [0.5, 0.6) is 11.5 Å². The van der Waals surface area contributed by atoms with Crippen LogP contribution in [0.3, 0.4) is 0 Å². The summed E-state index contributed by atoms with van der Waals surface area (Å²) in [5, 5.41) is 6.59. The highest BCUT2D eigenvalue weighted by Crippen LogP contribution is 2.39. The summed E-state index contributed by atoms with van der Waals surface area (Å²) in [5.41, 5.74) is 9.39. The number of allylic oxidation sites excluding steroid dienone is 5. The predicted octanol–water partition coefficient (Wildman–Crippen LogP) is 6.78. The first-order chi connectivity index (χ1) is 23.8. The Kier molecular flexibility index (Phi) is 10.7. The molecule has 0 spiro atoms. The van der Waals surface area contributed by atoms with E-state index in [-0.39, 0.29) is 12.5 Å². The molecule has 0 radical (unpaired) electrons. The third-order valence-corrected chi connectivity index (χ3v) is 8.56. The molecule has 0 fully saturated rings. The Bertz CT molecular complexity index is 1930. The Morgan fingerprint density at radius 3 is 2.14 bits per heavy atom. The van der Waals surface area contributed by atoms with E-state index in [1.54, 1.807) is 38.0 Å². The van der Waals surface area contributed by atoms with E-state index in [0.29, 0.717) is 37.3 Å². The van der Waals surface area contributed by atoms with Crippen molar-refractivity contribution in [2.75, 3.05) is 17.7 Å². The molecule has 4 aromatic rings. The summed E-state index contributed by atoms with van der Waals surface area (Å²) in [4.78, 5) is 41.8. The average molecular weight is 723 g/mol. The molecule has 49 heavy (non-hydrogen) atoms.